The number of benzene rings is 1. The van der Waals surface area contributed by atoms with Crippen molar-refractivity contribution in [3.63, 3.8) is 0 Å². The number of aliphatic hydroxyl groups is 1. The van der Waals surface area contributed by atoms with Gasteiger partial charge in [-0.25, -0.2) is 0 Å². The molecule has 27 heavy (non-hydrogen) atoms. The van der Waals surface area contributed by atoms with Crippen molar-refractivity contribution in [1.29, 1.82) is 0 Å². The fraction of sp³-hybridized carbons (Fsp3) is 0.500. The number of nitrogens with one attached hydrogen (secondary N) is 1. The number of hydrogen-bond acceptors (Lipinski definition) is 3. The molecule has 3 aliphatic heterocycles. The molecule has 1 aromatic carbocycles. The van der Waals surface area contributed by atoms with Gasteiger partial charge in [0, 0.05) is 29.6 Å². The zero-order chi connectivity index (χ0) is 18.6. The van der Waals surface area contributed by atoms with Crippen molar-refractivity contribution in [3.05, 3.63) is 41.6 Å². The molecule has 2 atom stereocenters. The normalized spacial score (nSPS) is 26.6. The predicted octanol–water partition coefficient (Wildman–Crippen LogP) is 2.69. The van der Waals surface area contributed by atoms with E-state index in [2.05, 4.69) is 52.0 Å². The molecule has 1 amide bonds. The standard InChI is InChI=1S/C22H27N3O2/c1-2-22-9-5-11-24-12-8-16-15-6-3-4-7-17(15)25(19(16)20(22)24)18(14-22)21(27)23-10-13-26/h3-4,6-7,14,20,26H,2,5,8-13H2,1H3,(H,23,27)/t20-,22+/m1/s1. The Balaban J connectivity index is 1.79. The highest BCUT2D eigenvalue weighted by atomic mass is 16.3. The summed E-state index contributed by atoms with van der Waals surface area (Å²) in [6.07, 6.45) is 6.64. The van der Waals surface area contributed by atoms with Gasteiger partial charge >= 0.3 is 0 Å². The van der Waals surface area contributed by atoms with E-state index in [9.17, 15) is 4.79 Å². The second-order valence-corrected chi connectivity index (χ2v) is 8.10. The number of para-hydroxylation sites is 1. The molecule has 1 aromatic heterocycles. The SMILES string of the molecule is CC[C@@]12C=C(C(=O)NCCO)n3c4c(c5ccccc53)CCN(CCC1)[C@H]42. The maximum atomic E-state index is 13.1. The number of rotatable bonds is 4. The highest BCUT2D eigenvalue weighted by Gasteiger charge is 2.50. The summed E-state index contributed by atoms with van der Waals surface area (Å²) in [5.74, 6) is -0.0819. The lowest BCUT2D eigenvalue weighted by atomic mass is 9.66. The summed E-state index contributed by atoms with van der Waals surface area (Å²) in [5.41, 5.74) is 4.64. The summed E-state index contributed by atoms with van der Waals surface area (Å²) in [5, 5.41) is 13.3. The van der Waals surface area contributed by atoms with Gasteiger partial charge in [-0.05, 0) is 49.9 Å². The first-order valence-corrected chi connectivity index (χ1v) is 10.2. The number of aliphatic hydroxyl groups excluding tert-OH is 1. The van der Waals surface area contributed by atoms with Gasteiger partial charge in [0.15, 0.2) is 0 Å². The molecule has 0 saturated carbocycles. The predicted molar refractivity (Wildman–Crippen MR) is 106 cm³/mol. The summed E-state index contributed by atoms with van der Waals surface area (Å²) >= 11 is 0. The Labute approximate surface area is 159 Å². The van der Waals surface area contributed by atoms with Gasteiger partial charge in [-0.15, -0.1) is 0 Å². The van der Waals surface area contributed by atoms with Gasteiger partial charge in [0.1, 0.15) is 5.70 Å². The molecule has 1 saturated heterocycles. The van der Waals surface area contributed by atoms with Gasteiger partial charge in [-0.3, -0.25) is 9.69 Å². The summed E-state index contributed by atoms with van der Waals surface area (Å²) in [7, 11) is 0. The van der Waals surface area contributed by atoms with Crippen LogP contribution in [0.3, 0.4) is 0 Å². The van der Waals surface area contributed by atoms with Crippen LogP contribution in [0.4, 0.5) is 0 Å². The lowest BCUT2D eigenvalue weighted by molar-refractivity contribution is -0.116. The van der Waals surface area contributed by atoms with Gasteiger partial charge in [-0.1, -0.05) is 25.1 Å². The molecule has 2 N–H and O–H groups in total. The third-order valence-electron chi connectivity index (χ3n) is 6.88. The average molecular weight is 365 g/mol. The molecule has 5 nitrogen and oxygen atoms in total. The molecule has 0 radical (unpaired) electrons. The zero-order valence-electron chi connectivity index (χ0n) is 15.9. The van der Waals surface area contributed by atoms with Crippen molar-refractivity contribution in [2.24, 2.45) is 5.41 Å². The van der Waals surface area contributed by atoms with Crippen LogP contribution in [0.1, 0.15) is 43.5 Å². The van der Waals surface area contributed by atoms with Gasteiger partial charge in [0.25, 0.3) is 5.91 Å². The Morgan fingerprint density at radius 3 is 3.00 bits per heavy atom. The molecule has 0 bridgehead atoms. The van der Waals surface area contributed by atoms with Crippen LogP contribution < -0.4 is 5.32 Å². The smallest absolute Gasteiger partial charge is 0.268 e. The molecule has 5 rings (SSSR count). The fourth-order valence-electron chi connectivity index (χ4n) is 5.71. The van der Waals surface area contributed by atoms with Crippen LogP contribution in [0.5, 0.6) is 0 Å². The van der Waals surface area contributed by atoms with Crippen molar-refractivity contribution in [3.8, 4) is 0 Å². The number of carbonyl (C=O) groups excluding carboxylic acids is 1. The van der Waals surface area contributed by atoms with Crippen molar-refractivity contribution in [2.45, 2.75) is 38.6 Å². The third kappa shape index (κ3) is 2.28. The number of nitrogens with zero attached hydrogens (tertiary/aromatic N) is 2. The van der Waals surface area contributed by atoms with E-state index < -0.39 is 0 Å². The molecule has 0 spiro atoms. The van der Waals surface area contributed by atoms with Crippen molar-refractivity contribution in [2.75, 3.05) is 26.2 Å². The highest BCUT2D eigenvalue weighted by molar-refractivity contribution is 6.16. The minimum Gasteiger partial charge on any atom is -0.395 e. The minimum absolute atomic E-state index is 0.0175. The first kappa shape index (κ1) is 17.0. The molecule has 1 fully saturated rings. The van der Waals surface area contributed by atoms with Gasteiger partial charge < -0.3 is 15.0 Å². The molecule has 3 aliphatic rings. The van der Waals surface area contributed by atoms with Crippen LogP contribution in [-0.2, 0) is 11.2 Å². The Morgan fingerprint density at radius 1 is 1.33 bits per heavy atom. The quantitative estimate of drug-likeness (QED) is 0.876. The Hall–Kier alpha value is -2.11. The first-order valence-electron chi connectivity index (χ1n) is 10.2. The van der Waals surface area contributed by atoms with E-state index in [4.69, 9.17) is 5.11 Å². The van der Waals surface area contributed by atoms with Crippen molar-refractivity contribution < 1.29 is 9.90 Å². The van der Waals surface area contributed by atoms with Crippen LogP contribution in [0, 0.1) is 5.41 Å². The lowest BCUT2D eigenvalue weighted by Crippen LogP contribution is -2.51. The van der Waals surface area contributed by atoms with E-state index in [1.165, 1.54) is 23.1 Å². The fourth-order valence-corrected chi connectivity index (χ4v) is 5.71. The summed E-state index contributed by atoms with van der Waals surface area (Å²) in [6.45, 7) is 4.75. The van der Waals surface area contributed by atoms with Gasteiger partial charge in [0.2, 0.25) is 0 Å². The number of fused-ring (bicyclic) bond motifs is 3. The number of hydrogen-bond donors (Lipinski definition) is 2. The monoisotopic (exact) mass is 365 g/mol. The summed E-state index contributed by atoms with van der Waals surface area (Å²) in [6, 6.07) is 8.85. The van der Waals surface area contributed by atoms with Gasteiger partial charge in [0.05, 0.1) is 18.2 Å². The van der Waals surface area contributed by atoms with Crippen LogP contribution in [-0.4, -0.2) is 46.7 Å². The van der Waals surface area contributed by atoms with Crippen LogP contribution in [0.2, 0.25) is 0 Å². The number of amides is 1. The maximum absolute atomic E-state index is 13.1. The van der Waals surface area contributed by atoms with E-state index in [1.54, 1.807) is 0 Å². The molecule has 4 heterocycles. The number of aromatic nitrogens is 1. The molecule has 0 unspecified atom stereocenters. The van der Waals surface area contributed by atoms with E-state index >= 15 is 0 Å². The summed E-state index contributed by atoms with van der Waals surface area (Å²) in [4.78, 5) is 15.7. The van der Waals surface area contributed by atoms with Crippen molar-refractivity contribution in [1.82, 2.24) is 14.8 Å². The van der Waals surface area contributed by atoms with Gasteiger partial charge in [-0.2, -0.15) is 0 Å². The highest BCUT2D eigenvalue weighted by Crippen LogP contribution is 2.56. The molecule has 142 valence electrons. The van der Waals surface area contributed by atoms with E-state index in [0.717, 1.165) is 43.6 Å². The van der Waals surface area contributed by atoms with E-state index in [0.29, 0.717) is 6.04 Å². The number of carbonyl (C=O) groups is 1. The average Bonchev–Trinajstić information content (AvgIpc) is 3.05. The van der Waals surface area contributed by atoms with E-state index in [1.807, 2.05) is 0 Å². The molecular formula is C22H27N3O2. The summed E-state index contributed by atoms with van der Waals surface area (Å²) < 4.78 is 2.22. The largest absolute Gasteiger partial charge is 0.395 e. The zero-order valence-corrected chi connectivity index (χ0v) is 15.9. The first-order chi connectivity index (χ1) is 13.2. The Bertz CT molecular complexity index is 944. The third-order valence-corrected chi connectivity index (χ3v) is 6.88. The molecule has 0 aliphatic carbocycles. The second kappa shape index (κ2) is 6.21. The van der Waals surface area contributed by atoms with Crippen LogP contribution >= 0.6 is 0 Å². The van der Waals surface area contributed by atoms with Crippen LogP contribution in [0.15, 0.2) is 30.3 Å². The topological polar surface area (TPSA) is 57.5 Å². The molecule has 5 heteroatoms. The van der Waals surface area contributed by atoms with Crippen molar-refractivity contribution >= 4 is 22.5 Å². The number of piperidine rings is 1. The van der Waals surface area contributed by atoms with Crippen LogP contribution in [0.25, 0.3) is 16.6 Å². The van der Waals surface area contributed by atoms with E-state index in [-0.39, 0.29) is 24.5 Å². The second-order valence-electron chi connectivity index (χ2n) is 8.10. The lowest BCUT2D eigenvalue weighted by Gasteiger charge is -2.53. The maximum Gasteiger partial charge on any atom is 0.268 e. The Kier molecular flexibility index (Phi) is 3.92. The Morgan fingerprint density at radius 2 is 2.19 bits per heavy atom. The molecule has 2 aromatic rings. The molecular weight excluding hydrogens is 338 g/mol. The minimum atomic E-state index is -0.0819.